The van der Waals surface area contributed by atoms with E-state index >= 15 is 0 Å². The molecule has 0 atom stereocenters. The van der Waals surface area contributed by atoms with Gasteiger partial charge in [-0.15, -0.1) is 0 Å². The Labute approximate surface area is 96.3 Å². The van der Waals surface area contributed by atoms with E-state index < -0.39 is 5.97 Å². The van der Waals surface area contributed by atoms with E-state index in [4.69, 9.17) is 0 Å². The number of carbonyl (C=O) groups is 1. The Balaban J connectivity index is 2.37. The Bertz CT molecular complexity index is 688. The van der Waals surface area contributed by atoms with Gasteiger partial charge in [-0.3, -0.25) is 9.36 Å². The summed E-state index contributed by atoms with van der Waals surface area (Å²) >= 11 is 0. The first-order valence-electron chi connectivity index (χ1n) is 5.41. The van der Waals surface area contributed by atoms with E-state index in [0.717, 1.165) is 18.7 Å². The quantitative estimate of drug-likeness (QED) is 0.673. The van der Waals surface area contributed by atoms with Crippen LogP contribution in [0.5, 0.6) is 0 Å². The van der Waals surface area contributed by atoms with Crippen molar-refractivity contribution in [2.24, 2.45) is 0 Å². The highest BCUT2D eigenvalue weighted by atomic mass is 16.4. The molecule has 17 heavy (non-hydrogen) atoms. The zero-order chi connectivity index (χ0) is 12.0. The van der Waals surface area contributed by atoms with Crippen LogP contribution in [0.4, 0.5) is 0 Å². The number of aromatic nitrogens is 2. The molecule has 0 saturated carbocycles. The van der Waals surface area contributed by atoms with Gasteiger partial charge in [0.25, 0.3) is 5.56 Å². The number of aromatic carboxylic acids is 1. The van der Waals surface area contributed by atoms with E-state index in [2.05, 4.69) is 4.98 Å². The third-order valence-electron chi connectivity index (χ3n) is 3.05. The van der Waals surface area contributed by atoms with Gasteiger partial charge in [0.1, 0.15) is 5.82 Å². The molecule has 86 valence electrons. The highest BCUT2D eigenvalue weighted by Crippen LogP contribution is 2.15. The van der Waals surface area contributed by atoms with Crippen LogP contribution in [0.25, 0.3) is 10.9 Å². The Hall–Kier alpha value is -2.17. The molecule has 0 saturated heterocycles. The summed E-state index contributed by atoms with van der Waals surface area (Å²) in [5.74, 6) is -0.500. The lowest BCUT2D eigenvalue weighted by molar-refractivity contribution is -0.255. The van der Waals surface area contributed by atoms with Crippen LogP contribution in [-0.4, -0.2) is 15.5 Å². The summed E-state index contributed by atoms with van der Waals surface area (Å²) < 4.78 is 1.61. The summed E-state index contributed by atoms with van der Waals surface area (Å²) in [5, 5.41) is 11.1. The fourth-order valence-corrected chi connectivity index (χ4v) is 2.21. The molecule has 2 heterocycles. The number of carboxylic acid groups (broad SMARTS) is 1. The normalized spacial score (nSPS) is 13.9. The van der Waals surface area contributed by atoms with Gasteiger partial charge in [0.2, 0.25) is 0 Å². The van der Waals surface area contributed by atoms with Crippen LogP contribution >= 0.6 is 0 Å². The maximum absolute atomic E-state index is 12.1. The molecule has 0 fully saturated rings. The monoisotopic (exact) mass is 229 g/mol. The molecule has 1 aliphatic heterocycles. The molecule has 0 spiro atoms. The zero-order valence-electron chi connectivity index (χ0n) is 8.97. The first kappa shape index (κ1) is 10.0. The van der Waals surface area contributed by atoms with Gasteiger partial charge >= 0.3 is 0 Å². The summed E-state index contributed by atoms with van der Waals surface area (Å²) in [6.45, 7) is 0.659. The number of carbonyl (C=O) groups excluding carboxylic acids is 1. The molecule has 0 amide bonds. The molecule has 1 aromatic carbocycles. The smallest absolute Gasteiger partial charge is 0.261 e. The van der Waals surface area contributed by atoms with Crippen LogP contribution in [0.1, 0.15) is 22.6 Å². The third-order valence-corrected chi connectivity index (χ3v) is 3.05. The molecular weight excluding hydrogens is 220 g/mol. The number of benzene rings is 1. The second-order valence-corrected chi connectivity index (χ2v) is 4.11. The predicted octanol–water partition coefficient (Wildman–Crippen LogP) is -0.294. The lowest BCUT2D eigenvalue weighted by Gasteiger charge is -2.07. The van der Waals surface area contributed by atoms with E-state index in [1.54, 1.807) is 10.6 Å². The summed E-state index contributed by atoms with van der Waals surface area (Å²) in [7, 11) is 0. The molecule has 2 aromatic rings. The number of aryl methyl sites for hydroxylation is 1. The molecule has 0 radical (unpaired) electrons. The SMILES string of the molecule is O=C([O-])c1ccc2nc3n(c(=O)c2c1)CCC3. The first-order valence-corrected chi connectivity index (χ1v) is 5.41. The topological polar surface area (TPSA) is 75.0 Å². The van der Waals surface area contributed by atoms with Gasteiger partial charge < -0.3 is 9.90 Å². The molecule has 0 unspecified atom stereocenters. The van der Waals surface area contributed by atoms with Crippen molar-refractivity contribution in [3.8, 4) is 0 Å². The molecule has 3 rings (SSSR count). The fraction of sp³-hybridized carbons (Fsp3) is 0.250. The van der Waals surface area contributed by atoms with Crippen molar-refractivity contribution < 1.29 is 9.90 Å². The zero-order valence-corrected chi connectivity index (χ0v) is 8.97. The average molecular weight is 229 g/mol. The van der Waals surface area contributed by atoms with Crippen molar-refractivity contribution in [2.75, 3.05) is 0 Å². The molecule has 0 bridgehead atoms. The number of hydrogen-bond donors (Lipinski definition) is 0. The first-order chi connectivity index (χ1) is 8.16. The summed E-state index contributed by atoms with van der Waals surface area (Å²) in [6, 6.07) is 4.31. The minimum Gasteiger partial charge on any atom is -0.545 e. The lowest BCUT2D eigenvalue weighted by Crippen LogP contribution is -2.24. The molecule has 0 aliphatic carbocycles. The average Bonchev–Trinajstić information content (AvgIpc) is 2.77. The standard InChI is InChI=1S/C12H10N2O3/c15-11-8-6-7(12(16)17)3-4-9(8)13-10-2-1-5-14(10)11/h3-4,6H,1-2,5H2,(H,16,17)/p-1. The maximum Gasteiger partial charge on any atom is 0.261 e. The maximum atomic E-state index is 12.1. The Kier molecular flexibility index (Phi) is 2.01. The van der Waals surface area contributed by atoms with Gasteiger partial charge in [0.05, 0.1) is 16.9 Å². The number of rotatable bonds is 1. The highest BCUT2D eigenvalue weighted by Gasteiger charge is 2.15. The van der Waals surface area contributed by atoms with Crippen molar-refractivity contribution in [3.05, 3.63) is 39.9 Å². The van der Waals surface area contributed by atoms with Gasteiger partial charge in [-0.2, -0.15) is 0 Å². The van der Waals surface area contributed by atoms with Crippen molar-refractivity contribution in [2.45, 2.75) is 19.4 Å². The molecule has 0 N–H and O–H groups in total. The molecule has 5 nitrogen and oxygen atoms in total. The van der Waals surface area contributed by atoms with Crippen LogP contribution in [0.3, 0.4) is 0 Å². The van der Waals surface area contributed by atoms with Crippen molar-refractivity contribution in [1.29, 1.82) is 0 Å². The molecule has 1 aromatic heterocycles. The summed E-state index contributed by atoms with van der Waals surface area (Å²) in [6.07, 6.45) is 1.71. The minimum absolute atomic E-state index is 0.00921. The van der Waals surface area contributed by atoms with Crippen LogP contribution in [-0.2, 0) is 13.0 Å². The predicted molar refractivity (Wildman–Crippen MR) is 58.7 cm³/mol. The lowest BCUT2D eigenvalue weighted by atomic mass is 10.1. The minimum atomic E-state index is -1.28. The van der Waals surface area contributed by atoms with Gasteiger partial charge in [0, 0.05) is 13.0 Å². The number of carboxylic acids is 1. The third kappa shape index (κ3) is 1.43. The van der Waals surface area contributed by atoms with Gasteiger partial charge in [-0.25, -0.2) is 4.98 Å². The van der Waals surface area contributed by atoms with Crippen LogP contribution in [0.2, 0.25) is 0 Å². The van der Waals surface area contributed by atoms with E-state index in [1.807, 2.05) is 0 Å². The van der Waals surface area contributed by atoms with Crippen molar-refractivity contribution >= 4 is 16.9 Å². The van der Waals surface area contributed by atoms with Gasteiger partial charge in [-0.05, 0) is 24.1 Å². The van der Waals surface area contributed by atoms with E-state index in [1.165, 1.54) is 12.1 Å². The number of nitrogens with zero attached hydrogens (tertiary/aromatic N) is 2. The molecular formula is C12H9N2O3-. The van der Waals surface area contributed by atoms with Crippen molar-refractivity contribution in [3.63, 3.8) is 0 Å². The fourth-order valence-electron chi connectivity index (χ4n) is 2.21. The highest BCUT2D eigenvalue weighted by molar-refractivity contribution is 5.91. The number of hydrogen-bond acceptors (Lipinski definition) is 4. The second-order valence-electron chi connectivity index (χ2n) is 4.11. The van der Waals surface area contributed by atoms with E-state index in [0.29, 0.717) is 17.4 Å². The van der Waals surface area contributed by atoms with E-state index in [-0.39, 0.29) is 11.1 Å². The van der Waals surface area contributed by atoms with E-state index in [9.17, 15) is 14.7 Å². The second kappa shape index (κ2) is 3.41. The Morgan fingerprint density at radius 1 is 1.41 bits per heavy atom. The largest absolute Gasteiger partial charge is 0.545 e. The number of fused-ring (bicyclic) bond motifs is 2. The van der Waals surface area contributed by atoms with Crippen LogP contribution < -0.4 is 10.7 Å². The Morgan fingerprint density at radius 2 is 2.24 bits per heavy atom. The molecule has 1 aliphatic rings. The van der Waals surface area contributed by atoms with Crippen LogP contribution in [0.15, 0.2) is 23.0 Å². The van der Waals surface area contributed by atoms with Gasteiger partial charge in [-0.1, -0.05) is 6.07 Å². The van der Waals surface area contributed by atoms with Crippen molar-refractivity contribution in [1.82, 2.24) is 9.55 Å². The van der Waals surface area contributed by atoms with Gasteiger partial charge in [0.15, 0.2) is 0 Å². The summed E-state index contributed by atoms with van der Waals surface area (Å²) in [4.78, 5) is 27.2. The Morgan fingerprint density at radius 3 is 3.00 bits per heavy atom. The summed E-state index contributed by atoms with van der Waals surface area (Å²) in [5.41, 5.74) is 0.397. The van der Waals surface area contributed by atoms with Crippen LogP contribution in [0, 0.1) is 0 Å². The molecule has 5 heteroatoms.